The molecular weight excluding hydrogens is 320 g/mol. The maximum absolute atomic E-state index is 12.7. The lowest BCUT2D eigenvalue weighted by molar-refractivity contribution is 0.0742. The lowest BCUT2D eigenvalue weighted by Crippen LogP contribution is -2.29. The van der Waals surface area contributed by atoms with Gasteiger partial charge < -0.3 is 9.64 Å². The van der Waals surface area contributed by atoms with Crippen LogP contribution in [-0.4, -0.2) is 22.8 Å². The van der Waals surface area contributed by atoms with Crippen molar-refractivity contribution < 1.29 is 9.53 Å². The molecule has 5 heteroatoms. The van der Waals surface area contributed by atoms with E-state index in [9.17, 15) is 4.79 Å². The van der Waals surface area contributed by atoms with Crippen molar-refractivity contribution in [1.82, 2.24) is 9.88 Å². The summed E-state index contributed by atoms with van der Waals surface area (Å²) in [5, 5.41) is 2.83. The van der Waals surface area contributed by atoms with Crippen molar-refractivity contribution in [3.05, 3.63) is 76.7 Å². The van der Waals surface area contributed by atoms with E-state index in [1.54, 1.807) is 41.6 Å². The van der Waals surface area contributed by atoms with Gasteiger partial charge in [0.1, 0.15) is 16.5 Å². The highest BCUT2D eigenvalue weighted by molar-refractivity contribution is 7.09. The van der Waals surface area contributed by atoms with Crippen LogP contribution in [0.3, 0.4) is 0 Å². The molecule has 2 aromatic carbocycles. The van der Waals surface area contributed by atoms with Gasteiger partial charge in [0, 0.05) is 24.2 Å². The maximum atomic E-state index is 12.7. The minimum Gasteiger partial charge on any atom is -0.457 e. The Balaban J connectivity index is 1.76. The van der Waals surface area contributed by atoms with Gasteiger partial charge in [-0.15, -0.1) is 11.3 Å². The molecule has 1 aromatic heterocycles. The molecule has 0 saturated heterocycles. The largest absolute Gasteiger partial charge is 0.457 e. The highest BCUT2D eigenvalue weighted by Crippen LogP contribution is 2.25. The lowest BCUT2D eigenvalue weighted by atomic mass is 10.1. The Morgan fingerprint density at radius 3 is 2.58 bits per heavy atom. The zero-order valence-electron chi connectivity index (χ0n) is 13.5. The first-order valence-corrected chi connectivity index (χ1v) is 8.52. The van der Waals surface area contributed by atoms with Gasteiger partial charge in [0.15, 0.2) is 0 Å². The molecular formula is C19H18N2O2S. The summed E-state index contributed by atoms with van der Waals surface area (Å²) in [4.78, 5) is 18.7. The van der Waals surface area contributed by atoms with E-state index < -0.39 is 0 Å². The van der Waals surface area contributed by atoms with Gasteiger partial charge in [-0.05, 0) is 37.3 Å². The number of benzene rings is 2. The third-order valence-electron chi connectivity index (χ3n) is 3.77. The average Bonchev–Trinajstić information content (AvgIpc) is 3.15. The molecule has 1 heterocycles. The van der Waals surface area contributed by atoms with Gasteiger partial charge in [0.25, 0.3) is 5.91 Å². The minimum absolute atomic E-state index is 0.0591. The second kappa shape index (κ2) is 7.27. The Morgan fingerprint density at radius 2 is 1.88 bits per heavy atom. The number of hydrogen-bond donors (Lipinski definition) is 0. The summed E-state index contributed by atoms with van der Waals surface area (Å²) >= 11 is 1.55. The molecule has 3 rings (SSSR count). The van der Waals surface area contributed by atoms with E-state index in [0.717, 1.165) is 10.8 Å². The van der Waals surface area contributed by atoms with Crippen molar-refractivity contribution in [3.63, 3.8) is 0 Å². The Bertz CT molecular complexity index is 803. The van der Waals surface area contributed by atoms with Gasteiger partial charge in [-0.1, -0.05) is 24.3 Å². The first-order valence-electron chi connectivity index (χ1n) is 7.64. The van der Waals surface area contributed by atoms with E-state index in [1.165, 1.54) is 0 Å². The minimum atomic E-state index is -0.0730. The first kappa shape index (κ1) is 16.2. The molecule has 4 nitrogen and oxygen atoms in total. The summed E-state index contributed by atoms with van der Waals surface area (Å²) < 4.78 is 5.80. The smallest absolute Gasteiger partial charge is 0.254 e. The molecule has 122 valence electrons. The summed E-state index contributed by atoms with van der Waals surface area (Å²) in [6, 6.07) is 16.7. The van der Waals surface area contributed by atoms with E-state index in [4.69, 9.17) is 4.74 Å². The van der Waals surface area contributed by atoms with Crippen LogP contribution < -0.4 is 4.74 Å². The number of rotatable bonds is 5. The van der Waals surface area contributed by atoms with Crippen molar-refractivity contribution in [3.8, 4) is 11.5 Å². The number of hydrogen-bond acceptors (Lipinski definition) is 4. The van der Waals surface area contributed by atoms with E-state index in [2.05, 4.69) is 4.98 Å². The average molecular weight is 338 g/mol. The maximum Gasteiger partial charge on any atom is 0.254 e. The third kappa shape index (κ3) is 3.63. The summed E-state index contributed by atoms with van der Waals surface area (Å²) in [5.41, 5.74) is 0.592. The highest BCUT2D eigenvalue weighted by Gasteiger charge is 2.20. The van der Waals surface area contributed by atoms with Crippen LogP contribution in [0.15, 0.2) is 66.2 Å². The Labute approximate surface area is 145 Å². The first-order chi connectivity index (χ1) is 11.6. The fourth-order valence-corrected chi connectivity index (χ4v) is 3.04. The second-order valence-electron chi connectivity index (χ2n) is 5.41. The van der Waals surface area contributed by atoms with Crippen molar-refractivity contribution in [2.24, 2.45) is 0 Å². The predicted octanol–water partition coefficient (Wildman–Crippen LogP) is 4.77. The van der Waals surface area contributed by atoms with E-state index in [0.29, 0.717) is 11.3 Å². The number of amides is 1. The summed E-state index contributed by atoms with van der Waals surface area (Å²) in [7, 11) is 1.79. The molecule has 3 aromatic rings. The van der Waals surface area contributed by atoms with Crippen molar-refractivity contribution in [2.45, 2.75) is 13.0 Å². The topological polar surface area (TPSA) is 42.4 Å². The number of ether oxygens (including phenoxy) is 1. The number of thiazole rings is 1. The number of para-hydroxylation sites is 1. The van der Waals surface area contributed by atoms with E-state index in [1.807, 2.05) is 54.8 Å². The fourth-order valence-electron chi connectivity index (χ4n) is 2.30. The quantitative estimate of drug-likeness (QED) is 0.673. The SMILES string of the molecule is C[C@H](c1nccs1)N(C)C(=O)c1cccc(Oc2ccccc2)c1. The van der Waals surface area contributed by atoms with Crippen molar-refractivity contribution in [2.75, 3.05) is 7.05 Å². The number of carbonyl (C=O) groups is 1. The van der Waals surface area contributed by atoms with Gasteiger partial charge in [-0.3, -0.25) is 4.79 Å². The molecule has 0 saturated carbocycles. The molecule has 0 aliphatic rings. The number of nitrogens with zero attached hydrogens (tertiary/aromatic N) is 2. The van der Waals surface area contributed by atoms with Gasteiger partial charge in [0.05, 0.1) is 6.04 Å². The van der Waals surface area contributed by atoms with Crippen LogP contribution in [0.25, 0.3) is 0 Å². The molecule has 0 aliphatic heterocycles. The fraction of sp³-hybridized carbons (Fsp3) is 0.158. The zero-order valence-corrected chi connectivity index (χ0v) is 14.4. The Kier molecular flexibility index (Phi) is 4.91. The molecule has 0 unspecified atom stereocenters. The van der Waals surface area contributed by atoms with Crippen molar-refractivity contribution >= 4 is 17.2 Å². The Hall–Kier alpha value is -2.66. The van der Waals surface area contributed by atoms with Gasteiger partial charge in [-0.25, -0.2) is 4.98 Å². The second-order valence-corrected chi connectivity index (χ2v) is 6.33. The van der Waals surface area contributed by atoms with Crippen molar-refractivity contribution in [1.29, 1.82) is 0 Å². The summed E-state index contributed by atoms with van der Waals surface area (Å²) in [6.07, 6.45) is 1.75. The van der Waals surface area contributed by atoms with Crippen LogP contribution in [-0.2, 0) is 0 Å². The van der Waals surface area contributed by atoms with Crippen LogP contribution in [0.1, 0.15) is 28.3 Å². The third-order valence-corrected chi connectivity index (χ3v) is 4.72. The standard InChI is InChI=1S/C19H18N2O2S/c1-14(18-20-11-12-24-18)21(2)19(22)15-7-6-10-17(13-15)23-16-8-4-3-5-9-16/h3-14H,1-2H3/t14-/m1/s1. The van der Waals surface area contributed by atoms with Crippen LogP contribution in [0.5, 0.6) is 11.5 Å². The van der Waals surface area contributed by atoms with Gasteiger partial charge in [-0.2, -0.15) is 0 Å². The van der Waals surface area contributed by atoms with Crippen LogP contribution >= 0.6 is 11.3 Å². The molecule has 0 N–H and O–H groups in total. The van der Waals surface area contributed by atoms with Crippen LogP contribution in [0.4, 0.5) is 0 Å². The highest BCUT2D eigenvalue weighted by atomic mass is 32.1. The molecule has 0 bridgehead atoms. The van der Waals surface area contributed by atoms with E-state index in [-0.39, 0.29) is 11.9 Å². The summed E-state index contributed by atoms with van der Waals surface area (Å²) in [5.74, 6) is 1.32. The molecule has 0 aliphatic carbocycles. The zero-order chi connectivity index (χ0) is 16.9. The van der Waals surface area contributed by atoms with Gasteiger partial charge >= 0.3 is 0 Å². The van der Waals surface area contributed by atoms with Crippen LogP contribution in [0.2, 0.25) is 0 Å². The molecule has 1 atom stereocenters. The lowest BCUT2D eigenvalue weighted by Gasteiger charge is -2.23. The number of aromatic nitrogens is 1. The monoisotopic (exact) mass is 338 g/mol. The summed E-state index contributed by atoms with van der Waals surface area (Å²) in [6.45, 7) is 1.97. The molecule has 0 radical (unpaired) electrons. The van der Waals surface area contributed by atoms with Gasteiger partial charge in [0.2, 0.25) is 0 Å². The molecule has 1 amide bonds. The molecule has 24 heavy (non-hydrogen) atoms. The number of carbonyl (C=O) groups excluding carboxylic acids is 1. The Morgan fingerprint density at radius 1 is 1.12 bits per heavy atom. The normalized spacial score (nSPS) is 11.8. The predicted molar refractivity (Wildman–Crippen MR) is 95.6 cm³/mol. The van der Waals surface area contributed by atoms with E-state index >= 15 is 0 Å². The van der Waals surface area contributed by atoms with Crippen LogP contribution in [0, 0.1) is 0 Å². The molecule has 0 spiro atoms. The molecule has 0 fully saturated rings.